The number of hydrogen-bond donors (Lipinski definition) is 0. The smallest absolute Gasteiger partial charge is 0.194 e. The maximum atomic E-state index is 13.4. The van der Waals surface area contributed by atoms with Gasteiger partial charge in [0.05, 0.1) is 36.5 Å². The third-order valence-corrected chi connectivity index (χ3v) is 8.03. The zero-order valence-electron chi connectivity index (χ0n) is 22.7. The predicted molar refractivity (Wildman–Crippen MR) is 161 cm³/mol. The zero-order valence-corrected chi connectivity index (χ0v) is 24.2. The van der Waals surface area contributed by atoms with Crippen molar-refractivity contribution < 1.29 is 28.5 Å². The first-order valence-electron chi connectivity index (χ1n) is 13.8. The van der Waals surface area contributed by atoms with E-state index in [1.165, 1.54) is 0 Å². The van der Waals surface area contributed by atoms with Gasteiger partial charge in [0.2, 0.25) is 0 Å². The van der Waals surface area contributed by atoms with Crippen LogP contribution in [0.5, 0.6) is 11.5 Å². The van der Waals surface area contributed by atoms with Crippen molar-refractivity contribution in [1.82, 2.24) is 0 Å². The minimum absolute atomic E-state index is 0.0272. The molecule has 0 aliphatic carbocycles. The van der Waals surface area contributed by atoms with Crippen molar-refractivity contribution in [3.63, 3.8) is 0 Å². The molecular formula is C34H28Cl2O6. The summed E-state index contributed by atoms with van der Waals surface area (Å²) in [5.74, 6) is 0.945. The molecule has 0 unspecified atom stereocenters. The van der Waals surface area contributed by atoms with Crippen LogP contribution in [-0.2, 0) is 9.47 Å². The molecule has 214 valence electrons. The first-order valence-corrected chi connectivity index (χ1v) is 14.6. The minimum Gasteiger partial charge on any atom is -0.488 e. The topological polar surface area (TPSA) is 71.1 Å². The molecule has 2 heterocycles. The summed E-state index contributed by atoms with van der Waals surface area (Å²) < 4.78 is 22.5. The highest BCUT2D eigenvalue weighted by Crippen LogP contribution is 2.31. The standard InChI is InChI=1S/C34H28Cl2O6/c35-31-11-5-23(17-29(31)33(37)21-1-7-25(8-2-21)41-27-13-15-39-19-27)24-6-12-32(36)30(18-24)34(38)22-3-9-26(10-4-22)42-28-14-16-40-20-28/h1-12,17-18,27-28H,13-16,19-20H2/t27-,28-/m0/s1. The van der Waals surface area contributed by atoms with E-state index in [1.54, 1.807) is 72.8 Å². The SMILES string of the molecule is O=C(c1ccc(O[C@H]2CCOC2)cc1)c1cc(-c2ccc(Cl)c(C(=O)c3ccc(O[C@H]4CCOC4)cc3)c2)ccc1Cl. The molecule has 2 aliphatic rings. The van der Waals surface area contributed by atoms with Crippen molar-refractivity contribution in [3.05, 3.63) is 117 Å². The van der Waals surface area contributed by atoms with Crippen LogP contribution in [0.1, 0.15) is 44.7 Å². The molecule has 2 saturated heterocycles. The number of rotatable bonds is 9. The van der Waals surface area contributed by atoms with Crippen molar-refractivity contribution in [2.75, 3.05) is 26.4 Å². The third kappa shape index (κ3) is 6.37. The summed E-state index contributed by atoms with van der Waals surface area (Å²) in [7, 11) is 0. The van der Waals surface area contributed by atoms with E-state index in [4.69, 9.17) is 42.1 Å². The highest BCUT2D eigenvalue weighted by molar-refractivity contribution is 6.36. The molecule has 4 aromatic carbocycles. The Balaban J connectivity index is 1.21. The minimum atomic E-state index is -0.214. The van der Waals surface area contributed by atoms with Crippen molar-refractivity contribution in [1.29, 1.82) is 0 Å². The van der Waals surface area contributed by atoms with Crippen molar-refractivity contribution in [2.24, 2.45) is 0 Å². The second-order valence-corrected chi connectivity index (χ2v) is 11.1. The van der Waals surface area contributed by atoms with Crippen molar-refractivity contribution >= 4 is 34.8 Å². The number of ketones is 2. The number of carbonyl (C=O) groups excluding carboxylic acids is 2. The van der Waals surface area contributed by atoms with Gasteiger partial charge in [0.25, 0.3) is 0 Å². The van der Waals surface area contributed by atoms with Gasteiger partial charge in [-0.05, 0) is 83.9 Å². The molecule has 0 spiro atoms. The van der Waals surface area contributed by atoms with Crippen LogP contribution in [0.15, 0.2) is 84.9 Å². The summed E-state index contributed by atoms with van der Waals surface area (Å²) in [6.07, 6.45) is 1.75. The monoisotopic (exact) mass is 602 g/mol. The summed E-state index contributed by atoms with van der Waals surface area (Å²) in [5, 5.41) is 0.674. The molecule has 0 radical (unpaired) electrons. The fourth-order valence-corrected chi connectivity index (χ4v) is 5.44. The Kier molecular flexibility index (Phi) is 8.58. The molecule has 6 nitrogen and oxygen atoms in total. The van der Waals surface area contributed by atoms with E-state index >= 15 is 0 Å². The van der Waals surface area contributed by atoms with Gasteiger partial charge in [0.15, 0.2) is 11.6 Å². The van der Waals surface area contributed by atoms with Gasteiger partial charge in [0.1, 0.15) is 23.7 Å². The average Bonchev–Trinajstić information content (AvgIpc) is 3.73. The zero-order chi connectivity index (χ0) is 29.1. The Morgan fingerprint density at radius 2 is 1.00 bits per heavy atom. The lowest BCUT2D eigenvalue weighted by atomic mass is 9.95. The molecule has 2 atom stereocenters. The Hall–Kier alpha value is -3.68. The highest BCUT2D eigenvalue weighted by Gasteiger charge is 2.20. The lowest BCUT2D eigenvalue weighted by molar-refractivity contribution is 0.103. The number of benzene rings is 4. The predicted octanol–water partition coefficient (Wildman–Crippen LogP) is 7.46. The highest BCUT2D eigenvalue weighted by atomic mass is 35.5. The van der Waals surface area contributed by atoms with Crippen molar-refractivity contribution in [3.8, 4) is 22.6 Å². The van der Waals surface area contributed by atoms with Crippen molar-refractivity contribution in [2.45, 2.75) is 25.0 Å². The van der Waals surface area contributed by atoms with Gasteiger partial charge in [0, 0.05) is 35.1 Å². The molecule has 8 heteroatoms. The summed E-state index contributed by atoms with van der Waals surface area (Å²) >= 11 is 12.9. The number of ether oxygens (including phenoxy) is 4. The molecule has 2 aliphatic heterocycles. The maximum Gasteiger partial charge on any atom is 0.194 e. The van der Waals surface area contributed by atoms with Crippen LogP contribution in [0.4, 0.5) is 0 Å². The van der Waals surface area contributed by atoms with Crippen LogP contribution in [-0.4, -0.2) is 50.2 Å². The molecule has 4 aromatic rings. The van der Waals surface area contributed by atoms with Gasteiger partial charge in [-0.15, -0.1) is 0 Å². The molecule has 6 rings (SSSR count). The first-order chi connectivity index (χ1) is 20.4. The second-order valence-electron chi connectivity index (χ2n) is 10.3. The Labute approximate surface area is 254 Å². The van der Waals surface area contributed by atoms with Crippen LogP contribution in [0.3, 0.4) is 0 Å². The normalized spacial score (nSPS) is 18.1. The second kappa shape index (κ2) is 12.7. The third-order valence-electron chi connectivity index (χ3n) is 7.37. The summed E-state index contributed by atoms with van der Waals surface area (Å²) in [6.45, 7) is 2.52. The molecule has 2 fully saturated rings. The number of carbonyl (C=O) groups is 2. The van der Waals surface area contributed by atoms with Gasteiger partial charge < -0.3 is 18.9 Å². The summed E-state index contributed by atoms with van der Waals surface area (Å²) in [5.41, 5.74) is 3.17. The number of halogens is 2. The first kappa shape index (κ1) is 28.4. The van der Waals surface area contributed by atoms with E-state index < -0.39 is 0 Å². The average molecular weight is 603 g/mol. The molecular weight excluding hydrogens is 575 g/mol. The van der Waals surface area contributed by atoms with Gasteiger partial charge in [-0.1, -0.05) is 35.3 Å². The quantitative estimate of drug-likeness (QED) is 0.185. The van der Waals surface area contributed by atoms with Crippen LogP contribution in [0.2, 0.25) is 10.0 Å². The van der Waals surface area contributed by atoms with Gasteiger partial charge in [-0.2, -0.15) is 0 Å². The van der Waals surface area contributed by atoms with Crippen LogP contribution in [0.25, 0.3) is 11.1 Å². The largest absolute Gasteiger partial charge is 0.488 e. The van der Waals surface area contributed by atoms with E-state index in [1.807, 2.05) is 12.1 Å². The number of hydrogen-bond acceptors (Lipinski definition) is 6. The lowest BCUT2D eigenvalue weighted by Crippen LogP contribution is -2.15. The van der Waals surface area contributed by atoms with E-state index in [0.717, 1.165) is 24.0 Å². The summed E-state index contributed by atoms with van der Waals surface area (Å²) in [6, 6.07) is 24.5. The van der Waals surface area contributed by atoms with E-state index in [9.17, 15) is 9.59 Å². The molecule has 0 N–H and O–H groups in total. The van der Waals surface area contributed by atoms with Gasteiger partial charge in [-0.25, -0.2) is 0 Å². The van der Waals surface area contributed by atoms with Crippen LogP contribution in [0, 0.1) is 0 Å². The Morgan fingerprint density at radius 3 is 1.36 bits per heavy atom. The molecule has 0 bridgehead atoms. The molecule has 42 heavy (non-hydrogen) atoms. The van der Waals surface area contributed by atoms with E-state index in [2.05, 4.69) is 0 Å². The maximum absolute atomic E-state index is 13.4. The van der Waals surface area contributed by atoms with Gasteiger partial charge >= 0.3 is 0 Å². The van der Waals surface area contributed by atoms with E-state index in [0.29, 0.717) is 70.2 Å². The van der Waals surface area contributed by atoms with Crippen LogP contribution >= 0.6 is 23.2 Å². The Morgan fingerprint density at radius 1 is 0.595 bits per heavy atom. The molecule has 0 amide bonds. The molecule has 0 aromatic heterocycles. The lowest BCUT2D eigenvalue weighted by Gasteiger charge is -2.13. The van der Waals surface area contributed by atoms with E-state index in [-0.39, 0.29) is 23.8 Å². The molecule has 0 saturated carbocycles. The fourth-order valence-electron chi connectivity index (χ4n) is 5.04. The van der Waals surface area contributed by atoms with Gasteiger partial charge in [-0.3, -0.25) is 9.59 Å². The van der Waals surface area contributed by atoms with Crippen LogP contribution < -0.4 is 9.47 Å². The Bertz CT molecular complexity index is 1470. The summed E-state index contributed by atoms with van der Waals surface area (Å²) in [4.78, 5) is 26.8. The fraction of sp³-hybridized carbons (Fsp3) is 0.235.